The molecule has 0 radical (unpaired) electrons. The molecule has 4 nitrogen and oxygen atoms in total. The van der Waals surface area contributed by atoms with Crippen LogP contribution in [-0.2, 0) is 0 Å². The van der Waals surface area contributed by atoms with Crippen molar-refractivity contribution < 1.29 is 0 Å². The van der Waals surface area contributed by atoms with Crippen LogP contribution in [0.3, 0.4) is 0 Å². The third kappa shape index (κ3) is 1.77. The highest BCUT2D eigenvalue weighted by atomic mass is 79.9. The second-order valence-electron chi connectivity index (χ2n) is 4.92. The molecule has 0 aromatic carbocycles. The van der Waals surface area contributed by atoms with Crippen LogP contribution in [0.1, 0.15) is 25.7 Å². The van der Waals surface area contributed by atoms with E-state index in [0.717, 1.165) is 18.2 Å². The second-order valence-corrected chi connectivity index (χ2v) is 5.71. The summed E-state index contributed by atoms with van der Waals surface area (Å²) in [4.78, 5) is 11.3. The first-order valence-electron chi connectivity index (χ1n) is 5.68. The zero-order valence-electron chi connectivity index (χ0n) is 8.92. The fourth-order valence-electron chi connectivity index (χ4n) is 2.36. The number of halogens is 1. The average Bonchev–Trinajstić information content (AvgIpc) is 3.14. The molecule has 0 bridgehead atoms. The first-order chi connectivity index (χ1) is 7.71. The summed E-state index contributed by atoms with van der Waals surface area (Å²) in [5, 5.41) is 9.54. The summed E-state index contributed by atoms with van der Waals surface area (Å²) >= 11 is 3.27. The zero-order valence-corrected chi connectivity index (χ0v) is 10.5. The minimum Gasteiger partial charge on any atom is -0.382 e. The summed E-state index contributed by atoms with van der Waals surface area (Å²) in [5.74, 6) is 0.925. The fraction of sp³-hybridized carbons (Fsp3) is 0.636. The van der Waals surface area contributed by atoms with Gasteiger partial charge in [-0.05, 0) is 52.9 Å². The van der Waals surface area contributed by atoms with E-state index in [1.165, 1.54) is 25.7 Å². The van der Waals surface area contributed by atoms with Gasteiger partial charge in [0.1, 0.15) is 4.47 Å². The van der Waals surface area contributed by atoms with Crippen molar-refractivity contribution in [2.45, 2.75) is 25.7 Å². The molecule has 86 valence electrons. The van der Waals surface area contributed by atoms with Gasteiger partial charge in [0.25, 0.3) is 5.56 Å². The predicted molar refractivity (Wildman–Crippen MR) is 65.4 cm³/mol. The number of H-pyrrole nitrogens is 1. The molecule has 2 N–H and O–H groups in total. The minimum atomic E-state index is -0.179. The molecule has 2 aliphatic rings. The van der Waals surface area contributed by atoms with Crippen molar-refractivity contribution in [3.05, 3.63) is 21.0 Å². The summed E-state index contributed by atoms with van der Waals surface area (Å²) in [7, 11) is 0. The number of aromatic amines is 1. The maximum absolute atomic E-state index is 11.3. The van der Waals surface area contributed by atoms with E-state index < -0.39 is 0 Å². The molecule has 1 aromatic heterocycles. The van der Waals surface area contributed by atoms with Crippen LogP contribution in [0.2, 0.25) is 0 Å². The van der Waals surface area contributed by atoms with E-state index in [1.54, 1.807) is 6.20 Å². The van der Waals surface area contributed by atoms with E-state index in [0.29, 0.717) is 9.89 Å². The molecule has 3 rings (SSSR count). The van der Waals surface area contributed by atoms with E-state index >= 15 is 0 Å². The predicted octanol–water partition coefficient (Wildman–Crippen LogP) is 2.13. The molecular weight excluding hydrogens is 270 g/mol. The van der Waals surface area contributed by atoms with Crippen molar-refractivity contribution in [2.75, 3.05) is 11.9 Å². The van der Waals surface area contributed by atoms with Gasteiger partial charge in [-0.3, -0.25) is 4.79 Å². The van der Waals surface area contributed by atoms with E-state index in [2.05, 4.69) is 31.4 Å². The number of aromatic nitrogens is 2. The molecule has 2 aliphatic carbocycles. The Balaban J connectivity index is 1.70. The van der Waals surface area contributed by atoms with Crippen LogP contribution >= 0.6 is 15.9 Å². The number of anilines is 1. The number of hydrogen-bond acceptors (Lipinski definition) is 3. The Morgan fingerprint density at radius 1 is 1.56 bits per heavy atom. The van der Waals surface area contributed by atoms with E-state index in [1.807, 2.05) is 0 Å². The Hall–Kier alpha value is -0.840. The lowest BCUT2D eigenvalue weighted by atomic mass is 10.0. The Bertz CT molecular complexity index is 463. The molecule has 0 amide bonds. The van der Waals surface area contributed by atoms with E-state index in [4.69, 9.17) is 0 Å². The molecule has 1 heterocycles. The van der Waals surface area contributed by atoms with Crippen LogP contribution in [0, 0.1) is 11.3 Å². The monoisotopic (exact) mass is 283 g/mol. The standard InChI is InChI=1S/C11H14BrN3O/c12-9-8(5-14-15-10(9)16)13-6-11(3-4-11)7-1-2-7/h5,7H,1-4,6H2,(H2,13,15,16). The van der Waals surface area contributed by atoms with Crippen LogP contribution in [-0.4, -0.2) is 16.7 Å². The highest BCUT2D eigenvalue weighted by molar-refractivity contribution is 9.10. The number of nitrogens with one attached hydrogen (secondary N) is 2. The zero-order chi connectivity index (χ0) is 11.2. The molecule has 0 saturated heterocycles. The average molecular weight is 284 g/mol. The smallest absolute Gasteiger partial charge is 0.280 e. The van der Waals surface area contributed by atoms with Crippen LogP contribution in [0.4, 0.5) is 5.69 Å². The summed E-state index contributed by atoms with van der Waals surface area (Å²) < 4.78 is 0.550. The van der Waals surface area contributed by atoms with Gasteiger partial charge >= 0.3 is 0 Å². The van der Waals surface area contributed by atoms with Gasteiger partial charge in [0, 0.05) is 6.54 Å². The Morgan fingerprint density at radius 3 is 2.94 bits per heavy atom. The minimum absolute atomic E-state index is 0.179. The van der Waals surface area contributed by atoms with Gasteiger partial charge in [-0.1, -0.05) is 0 Å². The van der Waals surface area contributed by atoms with Gasteiger partial charge in [0.05, 0.1) is 11.9 Å². The third-order valence-electron chi connectivity index (χ3n) is 3.76. The lowest BCUT2D eigenvalue weighted by Gasteiger charge is -2.16. The first kappa shape index (κ1) is 10.3. The summed E-state index contributed by atoms with van der Waals surface area (Å²) in [6.45, 7) is 0.974. The van der Waals surface area contributed by atoms with Gasteiger partial charge in [-0.2, -0.15) is 5.10 Å². The number of rotatable bonds is 4. The molecular formula is C11H14BrN3O. The van der Waals surface area contributed by atoms with Crippen molar-refractivity contribution in [1.82, 2.24) is 10.2 Å². The molecule has 16 heavy (non-hydrogen) atoms. The lowest BCUT2D eigenvalue weighted by Crippen LogP contribution is -2.20. The Kier molecular flexibility index (Phi) is 2.31. The maximum Gasteiger partial charge on any atom is 0.280 e. The summed E-state index contributed by atoms with van der Waals surface area (Å²) in [5.41, 5.74) is 1.15. The van der Waals surface area contributed by atoms with Gasteiger partial charge in [-0.25, -0.2) is 5.10 Å². The Morgan fingerprint density at radius 2 is 2.31 bits per heavy atom. The molecule has 2 fully saturated rings. The molecule has 2 saturated carbocycles. The topological polar surface area (TPSA) is 57.8 Å². The van der Waals surface area contributed by atoms with Gasteiger partial charge in [-0.15, -0.1) is 0 Å². The van der Waals surface area contributed by atoms with E-state index in [9.17, 15) is 4.79 Å². The van der Waals surface area contributed by atoms with Crippen molar-refractivity contribution in [2.24, 2.45) is 11.3 Å². The lowest BCUT2D eigenvalue weighted by molar-refractivity contribution is 0.466. The largest absolute Gasteiger partial charge is 0.382 e. The third-order valence-corrected chi connectivity index (χ3v) is 4.55. The normalized spacial score (nSPS) is 21.8. The molecule has 0 unspecified atom stereocenters. The van der Waals surface area contributed by atoms with Gasteiger partial charge in [0.2, 0.25) is 0 Å². The number of nitrogens with zero attached hydrogens (tertiary/aromatic N) is 1. The highest BCUT2D eigenvalue weighted by Gasteiger charge is 2.53. The molecule has 0 atom stereocenters. The van der Waals surface area contributed by atoms with E-state index in [-0.39, 0.29) is 5.56 Å². The molecule has 5 heteroatoms. The quantitative estimate of drug-likeness (QED) is 0.890. The second kappa shape index (κ2) is 3.58. The van der Waals surface area contributed by atoms with Gasteiger partial charge < -0.3 is 5.32 Å². The molecule has 0 aliphatic heterocycles. The SMILES string of the molecule is O=c1[nH]ncc(NCC2(C3CC3)CC2)c1Br. The highest BCUT2D eigenvalue weighted by Crippen LogP contribution is 2.61. The van der Waals surface area contributed by atoms with Crippen LogP contribution in [0.5, 0.6) is 0 Å². The molecule has 0 spiro atoms. The summed E-state index contributed by atoms with van der Waals surface area (Å²) in [6, 6.07) is 0. The van der Waals surface area contributed by atoms with Crippen molar-refractivity contribution >= 4 is 21.6 Å². The maximum atomic E-state index is 11.3. The summed E-state index contributed by atoms with van der Waals surface area (Å²) in [6.07, 6.45) is 7.10. The van der Waals surface area contributed by atoms with Gasteiger partial charge in [0.15, 0.2) is 0 Å². The first-order valence-corrected chi connectivity index (χ1v) is 6.48. The van der Waals surface area contributed by atoms with Crippen LogP contribution in [0.25, 0.3) is 0 Å². The Labute approximate surface area is 102 Å². The number of hydrogen-bond donors (Lipinski definition) is 2. The van der Waals surface area contributed by atoms with Crippen molar-refractivity contribution in [1.29, 1.82) is 0 Å². The fourth-order valence-corrected chi connectivity index (χ4v) is 2.69. The van der Waals surface area contributed by atoms with Crippen molar-refractivity contribution in [3.8, 4) is 0 Å². The van der Waals surface area contributed by atoms with Crippen LogP contribution in [0.15, 0.2) is 15.5 Å². The van der Waals surface area contributed by atoms with Crippen molar-refractivity contribution in [3.63, 3.8) is 0 Å². The molecule has 1 aromatic rings. The van der Waals surface area contributed by atoms with Crippen LogP contribution < -0.4 is 10.9 Å².